The maximum atomic E-state index is 12.8. The predicted molar refractivity (Wildman–Crippen MR) is 108 cm³/mol. The van der Waals surface area contributed by atoms with Gasteiger partial charge in [-0.1, -0.05) is 0 Å². The van der Waals surface area contributed by atoms with Crippen molar-refractivity contribution >= 4 is 33.3 Å². The summed E-state index contributed by atoms with van der Waals surface area (Å²) in [5, 5.41) is 11.7. The Hall–Kier alpha value is -2.77. The van der Waals surface area contributed by atoms with Crippen LogP contribution >= 0.6 is 0 Å². The Morgan fingerprint density at radius 1 is 1.19 bits per heavy atom. The quantitative estimate of drug-likeness (QED) is 0.334. The summed E-state index contributed by atoms with van der Waals surface area (Å²) in [5.74, 6) is -1.70. The van der Waals surface area contributed by atoms with Crippen LogP contribution < -0.4 is 10.6 Å². The normalized spacial score (nSPS) is 18.5. The molecule has 3 rings (SSSR count). The highest BCUT2D eigenvalue weighted by Gasteiger charge is 2.32. The number of anilines is 1. The predicted octanol–water partition coefficient (Wildman–Crippen LogP) is -0.139. The van der Waals surface area contributed by atoms with Gasteiger partial charge in [-0.15, -0.1) is 0 Å². The van der Waals surface area contributed by atoms with E-state index in [0.29, 0.717) is 25.9 Å². The first-order valence-corrected chi connectivity index (χ1v) is 11.2. The minimum atomic E-state index is -3.87. The number of nitro groups is 1. The molecule has 1 amide bonds. The SMILES string of the molecule is NC(=O)COC(=O)C1CCN(c2ccc(S(=O)(=O)N3CCOCC3)cc2[N+](=O)[O-])CC1. The standard InChI is InChI=1S/C18H24N4O8S/c19-17(23)12-30-18(24)13-3-5-20(6-4-13)15-2-1-14(11-16(15)22(25)26)31(27,28)21-7-9-29-10-8-21/h1-2,11,13H,3-10,12H2,(H2,19,23). The summed E-state index contributed by atoms with van der Waals surface area (Å²) in [5.41, 5.74) is 4.93. The third-order valence-corrected chi connectivity index (χ3v) is 7.17. The highest BCUT2D eigenvalue weighted by atomic mass is 32.2. The molecule has 0 unspecified atom stereocenters. The van der Waals surface area contributed by atoms with Crippen molar-refractivity contribution in [3.05, 3.63) is 28.3 Å². The molecule has 2 fully saturated rings. The summed E-state index contributed by atoms with van der Waals surface area (Å²) in [6, 6.07) is 3.87. The van der Waals surface area contributed by atoms with Crippen molar-refractivity contribution < 1.29 is 32.4 Å². The lowest BCUT2D eigenvalue weighted by molar-refractivity contribution is -0.384. The minimum absolute atomic E-state index is 0.144. The number of morpholine rings is 1. The number of primary amides is 1. The van der Waals surface area contributed by atoms with E-state index >= 15 is 0 Å². The van der Waals surface area contributed by atoms with Gasteiger partial charge in [-0.25, -0.2) is 8.42 Å². The summed E-state index contributed by atoms with van der Waals surface area (Å²) in [7, 11) is -3.87. The zero-order valence-corrected chi connectivity index (χ0v) is 17.6. The summed E-state index contributed by atoms with van der Waals surface area (Å²) >= 11 is 0. The van der Waals surface area contributed by atoms with E-state index in [4.69, 9.17) is 15.2 Å². The van der Waals surface area contributed by atoms with Crippen molar-refractivity contribution in [3.8, 4) is 0 Å². The van der Waals surface area contributed by atoms with Crippen molar-refractivity contribution in [2.45, 2.75) is 17.7 Å². The molecule has 2 heterocycles. The molecule has 2 aliphatic heterocycles. The molecule has 170 valence electrons. The molecule has 0 atom stereocenters. The molecular weight excluding hydrogens is 432 g/mol. The van der Waals surface area contributed by atoms with Crippen LogP contribution in [0.2, 0.25) is 0 Å². The molecule has 0 aliphatic carbocycles. The third-order valence-electron chi connectivity index (χ3n) is 5.28. The summed E-state index contributed by atoms with van der Waals surface area (Å²) in [6.45, 7) is 1.13. The van der Waals surface area contributed by atoms with Gasteiger partial charge in [-0.2, -0.15) is 4.31 Å². The van der Waals surface area contributed by atoms with Crippen LogP contribution in [0.25, 0.3) is 0 Å². The van der Waals surface area contributed by atoms with E-state index in [1.54, 1.807) is 4.90 Å². The number of rotatable bonds is 7. The van der Waals surface area contributed by atoms with Crippen molar-refractivity contribution in [1.82, 2.24) is 4.31 Å². The minimum Gasteiger partial charge on any atom is -0.455 e. The maximum Gasteiger partial charge on any atom is 0.309 e. The van der Waals surface area contributed by atoms with Crippen LogP contribution in [0.1, 0.15) is 12.8 Å². The number of esters is 1. The van der Waals surface area contributed by atoms with Gasteiger partial charge in [0, 0.05) is 32.2 Å². The van der Waals surface area contributed by atoms with Gasteiger partial charge < -0.3 is 20.1 Å². The summed E-state index contributed by atoms with van der Waals surface area (Å²) < 4.78 is 36.9. The van der Waals surface area contributed by atoms with Gasteiger partial charge >= 0.3 is 5.97 Å². The molecule has 0 radical (unpaired) electrons. The number of nitro benzene ring substituents is 1. The van der Waals surface area contributed by atoms with E-state index in [1.807, 2.05) is 0 Å². The average molecular weight is 456 g/mol. The lowest BCUT2D eigenvalue weighted by Crippen LogP contribution is -2.40. The number of carbonyl (C=O) groups is 2. The number of carbonyl (C=O) groups excluding carboxylic acids is 2. The smallest absolute Gasteiger partial charge is 0.309 e. The molecule has 0 bridgehead atoms. The van der Waals surface area contributed by atoms with Crippen LogP contribution in [0, 0.1) is 16.0 Å². The number of amides is 1. The first kappa shape index (κ1) is 22.9. The van der Waals surface area contributed by atoms with Gasteiger partial charge in [0.05, 0.1) is 29.0 Å². The number of hydrogen-bond acceptors (Lipinski definition) is 9. The van der Waals surface area contributed by atoms with E-state index in [2.05, 4.69) is 0 Å². The molecule has 1 aromatic rings. The Morgan fingerprint density at radius 3 is 2.42 bits per heavy atom. The Balaban J connectivity index is 1.74. The second-order valence-corrected chi connectivity index (χ2v) is 9.20. The number of ether oxygens (including phenoxy) is 2. The Labute approximate surface area is 179 Å². The molecule has 2 saturated heterocycles. The fourth-order valence-electron chi connectivity index (χ4n) is 3.63. The number of nitrogens with two attached hydrogens (primary N) is 1. The van der Waals surface area contributed by atoms with Crippen molar-refractivity contribution in [3.63, 3.8) is 0 Å². The van der Waals surface area contributed by atoms with Crippen molar-refractivity contribution in [1.29, 1.82) is 0 Å². The molecule has 31 heavy (non-hydrogen) atoms. The van der Waals surface area contributed by atoms with Gasteiger partial charge in [0.2, 0.25) is 10.0 Å². The van der Waals surface area contributed by atoms with E-state index in [9.17, 15) is 28.1 Å². The molecule has 1 aromatic carbocycles. The second-order valence-electron chi connectivity index (χ2n) is 7.26. The van der Waals surface area contributed by atoms with Crippen LogP contribution in [0.4, 0.5) is 11.4 Å². The number of benzene rings is 1. The second kappa shape index (κ2) is 9.58. The Kier molecular flexibility index (Phi) is 7.08. The molecule has 12 nitrogen and oxygen atoms in total. The highest BCUT2D eigenvalue weighted by molar-refractivity contribution is 7.89. The fourth-order valence-corrected chi connectivity index (χ4v) is 5.06. The lowest BCUT2D eigenvalue weighted by Gasteiger charge is -2.32. The van der Waals surface area contributed by atoms with Crippen LogP contribution in [-0.2, 0) is 29.1 Å². The van der Waals surface area contributed by atoms with Crippen molar-refractivity contribution in [2.75, 3.05) is 50.9 Å². The van der Waals surface area contributed by atoms with E-state index in [0.717, 1.165) is 6.07 Å². The Bertz CT molecular complexity index is 953. The highest BCUT2D eigenvalue weighted by Crippen LogP contribution is 2.34. The zero-order chi connectivity index (χ0) is 22.6. The Morgan fingerprint density at radius 2 is 1.84 bits per heavy atom. The lowest BCUT2D eigenvalue weighted by atomic mass is 9.96. The summed E-state index contributed by atoms with van der Waals surface area (Å²) in [4.78, 5) is 35.4. The molecule has 13 heteroatoms. The zero-order valence-electron chi connectivity index (χ0n) is 16.8. The first-order chi connectivity index (χ1) is 14.7. The summed E-state index contributed by atoms with van der Waals surface area (Å²) in [6.07, 6.45) is 0.755. The monoisotopic (exact) mass is 456 g/mol. The number of hydrogen-bond donors (Lipinski definition) is 1. The van der Waals surface area contributed by atoms with E-state index < -0.39 is 39.3 Å². The molecule has 0 spiro atoms. The van der Waals surface area contributed by atoms with E-state index in [-0.39, 0.29) is 42.6 Å². The van der Waals surface area contributed by atoms with Gasteiger partial charge in [0.15, 0.2) is 6.61 Å². The number of piperidine rings is 1. The van der Waals surface area contributed by atoms with Gasteiger partial charge in [0.25, 0.3) is 11.6 Å². The average Bonchev–Trinajstić information content (AvgIpc) is 2.77. The van der Waals surface area contributed by atoms with Crippen LogP contribution in [0.5, 0.6) is 0 Å². The molecule has 0 aromatic heterocycles. The van der Waals surface area contributed by atoms with E-state index in [1.165, 1.54) is 16.4 Å². The van der Waals surface area contributed by atoms with Gasteiger partial charge in [-0.05, 0) is 25.0 Å². The third kappa shape index (κ3) is 5.29. The van der Waals surface area contributed by atoms with Crippen LogP contribution in [-0.4, -0.2) is 75.5 Å². The van der Waals surface area contributed by atoms with Crippen molar-refractivity contribution in [2.24, 2.45) is 11.7 Å². The van der Waals surface area contributed by atoms with Gasteiger partial charge in [-0.3, -0.25) is 19.7 Å². The molecule has 2 aliphatic rings. The van der Waals surface area contributed by atoms with Crippen LogP contribution in [0.15, 0.2) is 23.1 Å². The molecular formula is C18H24N4O8S. The maximum absolute atomic E-state index is 12.8. The topological polar surface area (TPSA) is 162 Å². The first-order valence-electron chi connectivity index (χ1n) is 9.76. The molecule has 0 saturated carbocycles. The van der Waals surface area contributed by atoms with Gasteiger partial charge in [0.1, 0.15) is 5.69 Å². The largest absolute Gasteiger partial charge is 0.455 e. The fraction of sp³-hybridized carbons (Fsp3) is 0.556. The molecule has 2 N–H and O–H groups in total. The number of nitrogens with zero attached hydrogens (tertiary/aromatic N) is 3. The van der Waals surface area contributed by atoms with Crippen LogP contribution in [0.3, 0.4) is 0 Å². The number of sulfonamides is 1.